The second-order valence-electron chi connectivity index (χ2n) is 6.61. The van der Waals surface area contributed by atoms with Crippen LogP contribution in [0.1, 0.15) is 22.8 Å². The first-order valence-electron chi connectivity index (χ1n) is 8.89. The highest BCUT2D eigenvalue weighted by molar-refractivity contribution is 6.01. The van der Waals surface area contributed by atoms with Gasteiger partial charge in [0.2, 0.25) is 0 Å². The predicted octanol–water partition coefficient (Wildman–Crippen LogP) is 3.69. The van der Waals surface area contributed by atoms with E-state index in [0.29, 0.717) is 5.56 Å². The molecular formula is C22H27N3O2. The van der Waals surface area contributed by atoms with Crippen molar-refractivity contribution in [1.82, 2.24) is 10.3 Å². The molecule has 142 valence electrons. The van der Waals surface area contributed by atoms with Gasteiger partial charge in [0.25, 0.3) is 5.91 Å². The number of carbonyl (C=O) groups excluding carboxylic acids is 1. The molecule has 2 aromatic rings. The minimum atomic E-state index is -0.219. The lowest BCUT2D eigenvalue weighted by Crippen LogP contribution is -2.27. The molecule has 2 aromatic carbocycles. The molecule has 1 amide bonds. The molecule has 0 aliphatic rings. The topological polar surface area (TPSA) is 53.9 Å². The van der Waals surface area contributed by atoms with E-state index in [1.165, 1.54) is 0 Å². The standard InChI is InChI=1S/C22H27N3O2/c1-17(16-25(2)3)21(15-12-18-10-13-20(27-4)14-11-18)23-24-22(26)19-8-6-5-7-9-19/h5-15,17H,16H2,1-4H3,(H,24,26)/b15-12+,23-21-/t17-/m0/s1. The average molecular weight is 365 g/mol. The van der Waals surface area contributed by atoms with Gasteiger partial charge in [0.15, 0.2) is 0 Å². The maximum absolute atomic E-state index is 12.3. The molecular weight excluding hydrogens is 338 g/mol. The Labute approximate surface area is 161 Å². The molecule has 27 heavy (non-hydrogen) atoms. The van der Waals surface area contributed by atoms with Crippen LogP contribution in [0.5, 0.6) is 5.75 Å². The molecule has 0 saturated carbocycles. The van der Waals surface area contributed by atoms with Crippen molar-refractivity contribution in [1.29, 1.82) is 0 Å². The molecule has 0 spiro atoms. The number of carbonyl (C=O) groups is 1. The number of methoxy groups -OCH3 is 1. The largest absolute Gasteiger partial charge is 0.497 e. The summed E-state index contributed by atoms with van der Waals surface area (Å²) < 4.78 is 5.18. The molecule has 1 atom stereocenters. The number of ether oxygens (including phenoxy) is 1. The Morgan fingerprint density at radius 2 is 1.81 bits per heavy atom. The van der Waals surface area contributed by atoms with Crippen molar-refractivity contribution in [3.8, 4) is 5.75 Å². The smallest absolute Gasteiger partial charge is 0.271 e. The third-order valence-electron chi connectivity index (χ3n) is 4.03. The molecule has 0 unspecified atom stereocenters. The first-order chi connectivity index (χ1) is 13.0. The van der Waals surface area contributed by atoms with Gasteiger partial charge >= 0.3 is 0 Å². The maximum atomic E-state index is 12.3. The van der Waals surface area contributed by atoms with Crippen LogP contribution in [-0.2, 0) is 0 Å². The number of allylic oxidation sites excluding steroid dienone is 1. The van der Waals surface area contributed by atoms with Crippen LogP contribution < -0.4 is 10.2 Å². The number of hydrazone groups is 1. The highest BCUT2D eigenvalue weighted by Gasteiger charge is 2.11. The molecule has 5 nitrogen and oxygen atoms in total. The van der Waals surface area contributed by atoms with E-state index in [0.717, 1.165) is 23.6 Å². The molecule has 0 radical (unpaired) electrons. The van der Waals surface area contributed by atoms with Crippen molar-refractivity contribution < 1.29 is 9.53 Å². The van der Waals surface area contributed by atoms with E-state index in [-0.39, 0.29) is 11.8 Å². The second-order valence-corrected chi connectivity index (χ2v) is 6.61. The van der Waals surface area contributed by atoms with Gasteiger partial charge < -0.3 is 9.64 Å². The number of hydrogen-bond acceptors (Lipinski definition) is 4. The lowest BCUT2D eigenvalue weighted by atomic mass is 10.0. The zero-order valence-corrected chi connectivity index (χ0v) is 16.3. The monoisotopic (exact) mass is 365 g/mol. The van der Waals surface area contributed by atoms with E-state index in [1.54, 1.807) is 19.2 Å². The van der Waals surface area contributed by atoms with Gasteiger partial charge in [-0.25, -0.2) is 5.43 Å². The molecule has 2 rings (SSSR count). The fourth-order valence-electron chi connectivity index (χ4n) is 2.62. The van der Waals surface area contributed by atoms with Crippen molar-refractivity contribution in [3.63, 3.8) is 0 Å². The van der Waals surface area contributed by atoms with E-state index in [9.17, 15) is 4.79 Å². The SMILES string of the molecule is COc1ccc(/C=C/C(=N/NC(=O)c2ccccc2)[C@@H](C)CN(C)C)cc1. The van der Waals surface area contributed by atoms with Crippen LogP contribution in [0.3, 0.4) is 0 Å². The molecule has 0 bridgehead atoms. The van der Waals surface area contributed by atoms with Gasteiger partial charge in [0.05, 0.1) is 12.8 Å². The first-order valence-corrected chi connectivity index (χ1v) is 8.89. The van der Waals surface area contributed by atoms with Crippen LogP contribution >= 0.6 is 0 Å². The van der Waals surface area contributed by atoms with Crippen LogP contribution in [0.25, 0.3) is 6.08 Å². The summed E-state index contributed by atoms with van der Waals surface area (Å²) in [4.78, 5) is 14.4. The Hall–Kier alpha value is -2.92. The number of hydrogen-bond donors (Lipinski definition) is 1. The molecule has 0 saturated heterocycles. The normalized spacial score (nSPS) is 13.0. The van der Waals surface area contributed by atoms with E-state index in [1.807, 2.05) is 68.7 Å². The van der Waals surface area contributed by atoms with Gasteiger partial charge in [-0.2, -0.15) is 5.10 Å². The summed E-state index contributed by atoms with van der Waals surface area (Å²) in [7, 11) is 5.68. The van der Waals surface area contributed by atoms with Crippen LogP contribution in [-0.4, -0.2) is 44.3 Å². The lowest BCUT2D eigenvalue weighted by molar-refractivity contribution is 0.0954. The quantitative estimate of drug-likeness (QED) is 0.573. The van der Waals surface area contributed by atoms with Crippen molar-refractivity contribution in [2.24, 2.45) is 11.0 Å². The molecule has 1 N–H and O–H groups in total. The summed E-state index contributed by atoms with van der Waals surface area (Å²) in [5, 5.41) is 4.38. The fourth-order valence-corrected chi connectivity index (χ4v) is 2.62. The summed E-state index contributed by atoms with van der Waals surface area (Å²) >= 11 is 0. The van der Waals surface area contributed by atoms with Gasteiger partial charge in [0.1, 0.15) is 5.75 Å². The van der Waals surface area contributed by atoms with Gasteiger partial charge in [-0.1, -0.05) is 43.3 Å². The van der Waals surface area contributed by atoms with Crippen LogP contribution in [0.15, 0.2) is 65.8 Å². The average Bonchev–Trinajstić information content (AvgIpc) is 2.68. The van der Waals surface area contributed by atoms with Crippen molar-refractivity contribution in [2.45, 2.75) is 6.92 Å². The molecule has 0 aliphatic carbocycles. The Bertz CT molecular complexity index is 781. The first kappa shape index (κ1) is 20.4. The molecule has 0 heterocycles. The number of benzene rings is 2. The zero-order chi connectivity index (χ0) is 19.6. The third-order valence-corrected chi connectivity index (χ3v) is 4.03. The van der Waals surface area contributed by atoms with Gasteiger partial charge in [-0.3, -0.25) is 4.79 Å². The number of amides is 1. The Balaban J connectivity index is 2.16. The summed E-state index contributed by atoms with van der Waals surface area (Å²) in [6.45, 7) is 2.92. The zero-order valence-electron chi connectivity index (χ0n) is 16.3. The lowest BCUT2D eigenvalue weighted by Gasteiger charge is -2.17. The van der Waals surface area contributed by atoms with E-state index in [4.69, 9.17) is 4.74 Å². The van der Waals surface area contributed by atoms with Gasteiger partial charge in [-0.05, 0) is 50.0 Å². The van der Waals surface area contributed by atoms with Crippen molar-refractivity contribution in [3.05, 3.63) is 71.8 Å². The maximum Gasteiger partial charge on any atom is 0.271 e. The number of nitrogens with zero attached hydrogens (tertiary/aromatic N) is 2. The van der Waals surface area contributed by atoms with Crippen LogP contribution in [0.2, 0.25) is 0 Å². The predicted molar refractivity (Wildman–Crippen MR) is 111 cm³/mol. The minimum absolute atomic E-state index is 0.158. The summed E-state index contributed by atoms with van der Waals surface area (Å²) in [5.74, 6) is 0.755. The highest BCUT2D eigenvalue weighted by atomic mass is 16.5. The molecule has 5 heteroatoms. The third kappa shape index (κ3) is 6.72. The number of rotatable bonds is 8. The Morgan fingerprint density at radius 3 is 2.41 bits per heavy atom. The van der Waals surface area contributed by atoms with Crippen molar-refractivity contribution in [2.75, 3.05) is 27.7 Å². The van der Waals surface area contributed by atoms with E-state index >= 15 is 0 Å². The highest BCUT2D eigenvalue weighted by Crippen LogP contribution is 2.13. The van der Waals surface area contributed by atoms with Gasteiger partial charge in [-0.15, -0.1) is 0 Å². The summed E-state index contributed by atoms with van der Waals surface area (Å²) in [5.41, 5.74) is 5.10. The van der Waals surface area contributed by atoms with Crippen molar-refractivity contribution >= 4 is 17.7 Å². The second kappa shape index (κ2) is 10.3. The molecule has 0 aromatic heterocycles. The van der Waals surface area contributed by atoms with Gasteiger partial charge in [0, 0.05) is 18.0 Å². The molecule has 0 fully saturated rings. The molecule has 0 aliphatic heterocycles. The Kier molecular flexibility index (Phi) is 7.77. The fraction of sp³-hybridized carbons (Fsp3) is 0.273. The van der Waals surface area contributed by atoms with E-state index in [2.05, 4.69) is 22.4 Å². The summed E-state index contributed by atoms with van der Waals surface area (Å²) in [6, 6.07) is 16.9. The summed E-state index contributed by atoms with van der Waals surface area (Å²) in [6.07, 6.45) is 3.93. The Morgan fingerprint density at radius 1 is 1.15 bits per heavy atom. The van der Waals surface area contributed by atoms with Crippen LogP contribution in [0.4, 0.5) is 0 Å². The minimum Gasteiger partial charge on any atom is -0.497 e. The van der Waals surface area contributed by atoms with Crippen LogP contribution in [0, 0.1) is 5.92 Å². The number of nitrogens with one attached hydrogen (secondary N) is 1. The van der Waals surface area contributed by atoms with E-state index < -0.39 is 0 Å².